The number of piperidine rings is 1. The van der Waals surface area contributed by atoms with Crippen LogP contribution in [0.15, 0.2) is 49.1 Å². The lowest BCUT2D eigenvalue weighted by Gasteiger charge is -2.31. The molecule has 0 bridgehead atoms. The summed E-state index contributed by atoms with van der Waals surface area (Å²) < 4.78 is 0. The van der Waals surface area contributed by atoms with Gasteiger partial charge in [-0.15, -0.1) is 0 Å². The van der Waals surface area contributed by atoms with Crippen LogP contribution in [0, 0.1) is 0 Å². The molecule has 0 radical (unpaired) electrons. The predicted octanol–water partition coefficient (Wildman–Crippen LogP) is 2.57. The smallest absolute Gasteiger partial charge is 0.143 e. The number of nitrogens with zero attached hydrogens (tertiary/aromatic N) is 5. The number of aromatic nitrogens is 5. The molecule has 1 aliphatic rings. The minimum atomic E-state index is -0.291. The van der Waals surface area contributed by atoms with Gasteiger partial charge in [-0.25, -0.2) is 19.9 Å². The van der Waals surface area contributed by atoms with E-state index >= 15 is 0 Å². The van der Waals surface area contributed by atoms with E-state index in [0.29, 0.717) is 18.9 Å². The van der Waals surface area contributed by atoms with Gasteiger partial charge in [-0.3, -0.25) is 0 Å². The Morgan fingerprint density at radius 1 is 1.23 bits per heavy atom. The molecule has 5 rings (SSSR count). The van der Waals surface area contributed by atoms with E-state index in [4.69, 9.17) is 10.7 Å². The van der Waals surface area contributed by atoms with Crippen molar-refractivity contribution in [2.45, 2.75) is 25.5 Å². The van der Waals surface area contributed by atoms with Crippen molar-refractivity contribution in [1.82, 2.24) is 24.9 Å². The summed E-state index contributed by atoms with van der Waals surface area (Å²) in [5.74, 6) is 2.07. The van der Waals surface area contributed by atoms with Gasteiger partial charge in [0, 0.05) is 31.0 Å². The lowest BCUT2D eigenvalue weighted by molar-refractivity contribution is 0.154. The van der Waals surface area contributed by atoms with Crippen LogP contribution < -0.4 is 16.0 Å². The summed E-state index contributed by atoms with van der Waals surface area (Å²) in [6.07, 6.45) is 6.66. The van der Waals surface area contributed by atoms with E-state index in [-0.39, 0.29) is 6.10 Å². The maximum Gasteiger partial charge on any atom is 0.143 e. The number of H-pyrrole nitrogens is 1. The second-order valence-electron chi connectivity index (χ2n) is 7.70. The number of nitrogens with one attached hydrogen (secondary N) is 2. The fourth-order valence-corrected chi connectivity index (χ4v) is 4.02. The third-order valence-corrected chi connectivity index (χ3v) is 5.51. The molecular weight excluding hydrogens is 392 g/mol. The third-order valence-electron chi connectivity index (χ3n) is 5.51. The summed E-state index contributed by atoms with van der Waals surface area (Å²) in [6, 6.07) is 9.71. The van der Waals surface area contributed by atoms with Crippen molar-refractivity contribution < 1.29 is 5.11 Å². The van der Waals surface area contributed by atoms with Crippen molar-refractivity contribution in [3.8, 4) is 11.1 Å². The van der Waals surface area contributed by atoms with E-state index in [1.807, 2.05) is 36.5 Å². The molecule has 0 saturated carbocycles. The number of hydrogen-bond donors (Lipinski definition) is 4. The van der Waals surface area contributed by atoms with E-state index in [0.717, 1.165) is 58.9 Å². The van der Waals surface area contributed by atoms with Gasteiger partial charge in [0.25, 0.3) is 0 Å². The average molecular weight is 416 g/mol. The second kappa shape index (κ2) is 8.19. The molecule has 4 aromatic rings. The van der Waals surface area contributed by atoms with Crippen LogP contribution in [0.2, 0.25) is 0 Å². The Morgan fingerprint density at radius 2 is 2.16 bits per heavy atom. The van der Waals surface area contributed by atoms with Gasteiger partial charge >= 0.3 is 0 Å². The molecule has 9 heteroatoms. The summed E-state index contributed by atoms with van der Waals surface area (Å²) in [5.41, 5.74) is 9.41. The molecule has 0 aliphatic carbocycles. The molecule has 1 aliphatic heterocycles. The van der Waals surface area contributed by atoms with Crippen LogP contribution >= 0.6 is 0 Å². The molecule has 1 atom stereocenters. The molecule has 4 aromatic heterocycles. The number of aromatic amines is 1. The van der Waals surface area contributed by atoms with Crippen molar-refractivity contribution in [2.24, 2.45) is 0 Å². The van der Waals surface area contributed by atoms with Crippen LogP contribution in [0.5, 0.6) is 0 Å². The average Bonchev–Trinajstić information content (AvgIpc) is 3.23. The highest BCUT2D eigenvalue weighted by molar-refractivity contribution is 6.01. The first-order valence-electron chi connectivity index (χ1n) is 10.3. The number of nitrogens with two attached hydrogens (primary N) is 1. The lowest BCUT2D eigenvalue weighted by Crippen LogP contribution is -2.38. The first-order chi connectivity index (χ1) is 15.2. The Morgan fingerprint density at radius 3 is 3.03 bits per heavy atom. The summed E-state index contributed by atoms with van der Waals surface area (Å²) in [4.78, 5) is 23.0. The van der Waals surface area contributed by atoms with Crippen molar-refractivity contribution in [1.29, 1.82) is 0 Å². The van der Waals surface area contributed by atoms with Gasteiger partial charge in [0.05, 0.1) is 23.7 Å². The topological polar surface area (TPSA) is 129 Å². The molecule has 5 heterocycles. The van der Waals surface area contributed by atoms with E-state index in [9.17, 15) is 5.11 Å². The maximum atomic E-state index is 9.97. The molecule has 1 saturated heterocycles. The summed E-state index contributed by atoms with van der Waals surface area (Å²) >= 11 is 0. The van der Waals surface area contributed by atoms with Gasteiger partial charge in [0.2, 0.25) is 0 Å². The van der Waals surface area contributed by atoms with Crippen LogP contribution in [-0.2, 0) is 6.54 Å². The highest BCUT2D eigenvalue weighted by Gasteiger charge is 2.19. The van der Waals surface area contributed by atoms with Crippen molar-refractivity contribution >= 4 is 28.5 Å². The number of hydrogen-bond acceptors (Lipinski definition) is 8. The number of aliphatic hydroxyl groups is 1. The minimum Gasteiger partial charge on any atom is -0.391 e. The Labute approximate surface area is 179 Å². The molecule has 0 amide bonds. The number of anilines is 3. The lowest BCUT2D eigenvalue weighted by atomic mass is 10.1. The summed E-state index contributed by atoms with van der Waals surface area (Å²) in [6.45, 7) is 2.05. The zero-order chi connectivity index (χ0) is 21.2. The van der Waals surface area contributed by atoms with Gasteiger partial charge in [0.15, 0.2) is 0 Å². The van der Waals surface area contributed by atoms with Crippen LogP contribution in [0.25, 0.3) is 22.2 Å². The molecule has 0 aromatic carbocycles. The molecule has 1 fully saturated rings. The molecule has 9 nitrogen and oxygen atoms in total. The van der Waals surface area contributed by atoms with E-state index in [1.165, 1.54) is 6.33 Å². The van der Waals surface area contributed by atoms with Gasteiger partial charge in [-0.1, -0.05) is 6.07 Å². The fourth-order valence-electron chi connectivity index (χ4n) is 4.02. The Kier molecular flexibility index (Phi) is 5.09. The molecule has 0 spiro atoms. The third kappa shape index (κ3) is 3.99. The Bertz CT molecular complexity index is 1210. The predicted molar refractivity (Wildman–Crippen MR) is 121 cm³/mol. The van der Waals surface area contributed by atoms with Crippen LogP contribution in [0.1, 0.15) is 18.5 Å². The monoisotopic (exact) mass is 416 g/mol. The SMILES string of the molecule is Nc1cc(-c2c[nH]c3ncnc(NCc4cccc(N5CCCC(O)C5)n4)c23)ccn1. The highest BCUT2D eigenvalue weighted by Crippen LogP contribution is 2.32. The highest BCUT2D eigenvalue weighted by atomic mass is 16.3. The van der Waals surface area contributed by atoms with E-state index < -0.39 is 0 Å². The van der Waals surface area contributed by atoms with E-state index in [1.54, 1.807) is 6.20 Å². The standard InChI is InChI=1S/C22H24N8O/c23-18-9-14(6-7-24-18)17-11-26-22-20(17)21(27-13-28-22)25-10-15-3-1-5-19(29-15)30-8-2-4-16(31)12-30/h1,3,5-7,9,11,13,16,31H,2,4,8,10,12H2,(H2,23,24)(H2,25,26,27,28). The Balaban J connectivity index is 1.40. The van der Waals surface area contributed by atoms with Gasteiger partial charge in [0.1, 0.15) is 29.4 Å². The quantitative estimate of drug-likeness (QED) is 0.391. The first-order valence-corrected chi connectivity index (χ1v) is 10.3. The number of fused-ring (bicyclic) bond motifs is 1. The van der Waals surface area contributed by atoms with Gasteiger partial charge in [-0.05, 0) is 42.7 Å². The number of nitrogen functional groups attached to an aromatic ring is 1. The molecular formula is C22H24N8O. The Hall–Kier alpha value is -3.72. The van der Waals surface area contributed by atoms with Crippen LogP contribution in [0.4, 0.5) is 17.5 Å². The summed E-state index contributed by atoms with van der Waals surface area (Å²) in [5, 5.41) is 14.3. The zero-order valence-corrected chi connectivity index (χ0v) is 17.0. The summed E-state index contributed by atoms with van der Waals surface area (Å²) in [7, 11) is 0. The minimum absolute atomic E-state index is 0.291. The number of aliphatic hydroxyl groups excluding tert-OH is 1. The molecule has 158 valence electrons. The van der Waals surface area contributed by atoms with Crippen molar-refractivity contribution in [2.75, 3.05) is 29.0 Å². The van der Waals surface area contributed by atoms with Crippen LogP contribution in [-0.4, -0.2) is 49.2 Å². The molecule has 1 unspecified atom stereocenters. The number of β-amino-alcohol motifs (C(OH)–C–C–N with tert-alkyl or cyclic N) is 1. The van der Waals surface area contributed by atoms with Gasteiger partial charge < -0.3 is 26.0 Å². The zero-order valence-electron chi connectivity index (χ0n) is 17.0. The fraction of sp³-hybridized carbons (Fsp3) is 0.273. The first kappa shape index (κ1) is 19.3. The van der Waals surface area contributed by atoms with Gasteiger partial charge in [-0.2, -0.15) is 0 Å². The second-order valence-corrected chi connectivity index (χ2v) is 7.70. The molecule has 5 N–H and O–H groups in total. The molecule has 31 heavy (non-hydrogen) atoms. The number of rotatable bonds is 5. The van der Waals surface area contributed by atoms with E-state index in [2.05, 4.69) is 30.2 Å². The largest absolute Gasteiger partial charge is 0.391 e. The normalized spacial score (nSPS) is 16.5. The number of pyridine rings is 2. The maximum absolute atomic E-state index is 9.97. The van der Waals surface area contributed by atoms with Crippen LogP contribution in [0.3, 0.4) is 0 Å². The van der Waals surface area contributed by atoms with Crippen molar-refractivity contribution in [3.63, 3.8) is 0 Å². The van der Waals surface area contributed by atoms with Crippen molar-refractivity contribution in [3.05, 3.63) is 54.7 Å².